The van der Waals surface area contributed by atoms with Crippen molar-refractivity contribution in [2.75, 3.05) is 21.3 Å². The molecule has 4 rings (SSSR count). The molecule has 0 unspecified atom stereocenters. The van der Waals surface area contributed by atoms with Crippen molar-refractivity contribution in [1.82, 2.24) is 0 Å². The predicted octanol–water partition coefficient (Wildman–Crippen LogP) is 7.15. The Bertz CT molecular complexity index is 1200. The normalized spacial score (nSPS) is 10.6. The van der Waals surface area contributed by atoms with Gasteiger partial charge in [0.25, 0.3) is 0 Å². The molecule has 1 radical (unpaired) electrons. The first kappa shape index (κ1) is 23.2. The van der Waals surface area contributed by atoms with Crippen molar-refractivity contribution in [3.63, 3.8) is 0 Å². The van der Waals surface area contributed by atoms with E-state index in [1.54, 1.807) is 21.3 Å². The van der Waals surface area contributed by atoms with Gasteiger partial charge in [-0.25, -0.2) is 0 Å². The Labute approximate surface area is 201 Å². The Balaban J connectivity index is 1.68. The maximum atomic E-state index is 6.05. The molecule has 0 aliphatic heterocycles. The van der Waals surface area contributed by atoms with Crippen LogP contribution in [-0.4, -0.2) is 21.3 Å². The van der Waals surface area contributed by atoms with Gasteiger partial charge >= 0.3 is 0 Å². The Morgan fingerprint density at radius 2 is 1.26 bits per heavy atom. The Morgan fingerprint density at radius 3 is 1.94 bits per heavy atom. The van der Waals surface area contributed by atoms with Crippen LogP contribution in [0.2, 0.25) is 0 Å². The second kappa shape index (κ2) is 11.3. The number of rotatable bonds is 10. The van der Waals surface area contributed by atoms with Gasteiger partial charge in [-0.3, -0.25) is 0 Å². The van der Waals surface area contributed by atoms with E-state index in [9.17, 15) is 0 Å². The smallest absolute Gasteiger partial charge is 0.204 e. The van der Waals surface area contributed by atoms with Crippen LogP contribution in [0.3, 0.4) is 0 Å². The molecule has 0 spiro atoms. The van der Waals surface area contributed by atoms with Gasteiger partial charge in [0.15, 0.2) is 11.5 Å². The molecule has 0 fully saturated rings. The van der Waals surface area contributed by atoms with E-state index >= 15 is 0 Å². The number of benzene rings is 4. The van der Waals surface area contributed by atoms with Gasteiger partial charge in [-0.2, -0.15) is 0 Å². The fourth-order valence-electron chi connectivity index (χ4n) is 4.05. The SMILES string of the molecule is COc1c(CCCc2ccccc2)[c]c(-c2cccc(Oc3ccccc3)c2)c(OC)c1OC. The van der Waals surface area contributed by atoms with Crippen molar-refractivity contribution in [1.29, 1.82) is 0 Å². The van der Waals surface area contributed by atoms with Crippen LogP contribution in [0, 0.1) is 6.07 Å². The number of ether oxygens (including phenoxy) is 4. The molecule has 0 N–H and O–H groups in total. The Hall–Kier alpha value is -3.92. The largest absolute Gasteiger partial charge is 0.492 e. The summed E-state index contributed by atoms with van der Waals surface area (Å²) in [7, 11) is 4.92. The van der Waals surface area contributed by atoms with Gasteiger partial charge in [0.2, 0.25) is 5.75 Å². The lowest BCUT2D eigenvalue weighted by Crippen LogP contribution is -2.02. The summed E-state index contributed by atoms with van der Waals surface area (Å²) in [6.07, 6.45) is 2.73. The highest BCUT2D eigenvalue weighted by molar-refractivity contribution is 5.78. The first-order chi connectivity index (χ1) is 16.7. The van der Waals surface area contributed by atoms with Crippen LogP contribution in [0.25, 0.3) is 11.1 Å². The lowest BCUT2D eigenvalue weighted by atomic mass is 9.96. The molecule has 4 aromatic rings. The summed E-state index contributed by atoms with van der Waals surface area (Å²) in [5.74, 6) is 3.34. The van der Waals surface area contributed by atoms with Crippen molar-refractivity contribution in [3.05, 3.63) is 102 Å². The molecule has 34 heavy (non-hydrogen) atoms. The zero-order chi connectivity index (χ0) is 23.8. The summed E-state index contributed by atoms with van der Waals surface area (Å²) in [5.41, 5.74) is 4.01. The molecule has 0 heterocycles. The van der Waals surface area contributed by atoms with Crippen LogP contribution in [-0.2, 0) is 12.8 Å². The number of hydrogen-bond donors (Lipinski definition) is 0. The average molecular weight is 454 g/mol. The first-order valence-electron chi connectivity index (χ1n) is 11.3. The number of hydrogen-bond acceptors (Lipinski definition) is 4. The maximum absolute atomic E-state index is 6.05. The van der Waals surface area contributed by atoms with E-state index in [2.05, 4.69) is 30.3 Å². The minimum Gasteiger partial charge on any atom is -0.492 e. The van der Waals surface area contributed by atoms with E-state index in [0.717, 1.165) is 47.5 Å². The van der Waals surface area contributed by atoms with E-state index in [1.165, 1.54) is 5.56 Å². The molecule has 173 valence electrons. The molecular weight excluding hydrogens is 424 g/mol. The summed E-state index contributed by atoms with van der Waals surface area (Å²) in [6, 6.07) is 31.7. The van der Waals surface area contributed by atoms with Gasteiger partial charge in [0.05, 0.1) is 21.3 Å². The van der Waals surface area contributed by atoms with E-state index < -0.39 is 0 Å². The van der Waals surface area contributed by atoms with Gasteiger partial charge in [-0.1, -0.05) is 60.7 Å². The molecule has 0 saturated heterocycles. The van der Waals surface area contributed by atoms with Crippen molar-refractivity contribution in [2.24, 2.45) is 0 Å². The van der Waals surface area contributed by atoms with Gasteiger partial charge in [0.1, 0.15) is 11.5 Å². The van der Waals surface area contributed by atoms with Crippen molar-refractivity contribution in [2.45, 2.75) is 19.3 Å². The van der Waals surface area contributed by atoms with E-state index in [0.29, 0.717) is 17.2 Å². The van der Waals surface area contributed by atoms with Crippen molar-refractivity contribution >= 4 is 0 Å². The molecular formula is C30H29O4. The zero-order valence-electron chi connectivity index (χ0n) is 19.8. The van der Waals surface area contributed by atoms with E-state index in [1.807, 2.05) is 60.7 Å². The van der Waals surface area contributed by atoms with Crippen LogP contribution in [0.5, 0.6) is 28.7 Å². The molecule has 0 amide bonds. The molecule has 4 aromatic carbocycles. The minimum atomic E-state index is 0.572. The van der Waals surface area contributed by atoms with Crippen LogP contribution >= 0.6 is 0 Å². The van der Waals surface area contributed by atoms with Crippen LogP contribution in [0.15, 0.2) is 84.9 Å². The molecule has 4 heteroatoms. The quantitative estimate of drug-likeness (QED) is 0.256. The Morgan fingerprint density at radius 1 is 0.618 bits per heavy atom. The van der Waals surface area contributed by atoms with E-state index in [-0.39, 0.29) is 0 Å². The van der Waals surface area contributed by atoms with Gasteiger partial charge < -0.3 is 18.9 Å². The summed E-state index contributed by atoms with van der Waals surface area (Å²) < 4.78 is 23.3. The highest BCUT2D eigenvalue weighted by Crippen LogP contribution is 2.47. The Kier molecular flexibility index (Phi) is 7.71. The molecule has 4 nitrogen and oxygen atoms in total. The van der Waals surface area contributed by atoms with Gasteiger partial charge in [0, 0.05) is 17.2 Å². The summed E-state index contributed by atoms with van der Waals surface area (Å²) in [5, 5.41) is 0. The number of para-hydroxylation sites is 1. The fraction of sp³-hybridized carbons (Fsp3) is 0.200. The fourth-order valence-corrected chi connectivity index (χ4v) is 4.05. The standard InChI is InChI=1S/C30H29O4/c1-31-28-24(16-10-14-22-12-6-4-7-13-22)21-27(29(32-2)30(28)33-3)23-15-11-19-26(20-23)34-25-17-8-5-9-18-25/h4-9,11-13,15,17-20H,10,14,16H2,1-3H3. The lowest BCUT2D eigenvalue weighted by Gasteiger charge is -2.19. The monoisotopic (exact) mass is 453 g/mol. The molecule has 0 aromatic heterocycles. The average Bonchev–Trinajstić information content (AvgIpc) is 2.89. The maximum Gasteiger partial charge on any atom is 0.204 e. The highest BCUT2D eigenvalue weighted by Gasteiger charge is 2.22. The van der Waals surface area contributed by atoms with Gasteiger partial charge in [-0.15, -0.1) is 0 Å². The highest BCUT2D eigenvalue weighted by atomic mass is 16.5. The summed E-state index contributed by atoms with van der Waals surface area (Å²) in [4.78, 5) is 0. The predicted molar refractivity (Wildman–Crippen MR) is 135 cm³/mol. The molecule has 0 aliphatic rings. The van der Waals surface area contributed by atoms with Crippen molar-refractivity contribution < 1.29 is 18.9 Å². The third kappa shape index (κ3) is 5.34. The topological polar surface area (TPSA) is 36.9 Å². The molecule has 0 atom stereocenters. The second-order valence-electron chi connectivity index (χ2n) is 7.86. The number of aryl methyl sites for hydroxylation is 2. The lowest BCUT2D eigenvalue weighted by molar-refractivity contribution is 0.322. The third-order valence-electron chi connectivity index (χ3n) is 5.64. The summed E-state index contributed by atoms with van der Waals surface area (Å²) in [6.45, 7) is 0. The van der Waals surface area contributed by atoms with Crippen LogP contribution in [0.1, 0.15) is 17.5 Å². The second-order valence-corrected chi connectivity index (χ2v) is 7.86. The minimum absolute atomic E-state index is 0.572. The van der Waals surface area contributed by atoms with Crippen LogP contribution < -0.4 is 18.9 Å². The van der Waals surface area contributed by atoms with Crippen LogP contribution in [0.4, 0.5) is 0 Å². The molecule has 0 aliphatic carbocycles. The molecule has 0 saturated carbocycles. The number of methoxy groups -OCH3 is 3. The molecule has 0 bridgehead atoms. The summed E-state index contributed by atoms with van der Waals surface area (Å²) >= 11 is 0. The first-order valence-corrected chi connectivity index (χ1v) is 11.3. The van der Waals surface area contributed by atoms with Crippen molar-refractivity contribution in [3.8, 4) is 39.9 Å². The third-order valence-corrected chi connectivity index (χ3v) is 5.64. The van der Waals surface area contributed by atoms with Gasteiger partial charge in [-0.05, 0) is 54.7 Å². The van der Waals surface area contributed by atoms with E-state index in [4.69, 9.17) is 18.9 Å². The zero-order valence-corrected chi connectivity index (χ0v) is 19.8.